The highest BCUT2D eigenvalue weighted by molar-refractivity contribution is 6.29. The minimum atomic E-state index is -0.932. The summed E-state index contributed by atoms with van der Waals surface area (Å²) in [6, 6.07) is 9.49. The standard InChI is InChI=1S/C28H36ClN5O6/c1-5-39-27(38)34-16-14-33(15-17-34)26(37)20(12-9-13-23(35)40-28(2,3)4)31-25(36)21-18-22(29)32-24(30-21)19-10-7-6-8-11-19/h6-8,10-11,18,20H,5,9,12-17H2,1-4H3,(H,31,36). The van der Waals surface area contributed by atoms with Gasteiger partial charge in [-0.3, -0.25) is 14.4 Å². The van der Waals surface area contributed by atoms with Crippen LogP contribution in [0.25, 0.3) is 11.4 Å². The quantitative estimate of drug-likeness (QED) is 0.355. The molecular weight excluding hydrogens is 538 g/mol. The van der Waals surface area contributed by atoms with Crippen LogP contribution in [0, 0.1) is 0 Å². The average Bonchev–Trinajstić information content (AvgIpc) is 2.91. The molecule has 1 atom stereocenters. The molecule has 1 saturated heterocycles. The van der Waals surface area contributed by atoms with Crippen molar-refractivity contribution in [3.8, 4) is 11.4 Å². The molecule has 216 valence electrons. The number of rotatable bonds is 9. The highest BCUT2D eigenvalue weighted by Crippen LogP contribution is 2.19. The van der Waals surface area contributed by atoms with Gasteiger partial charge in [-0.1, -0.05) is 41.9 Å². The number of benzene rings is 1. The molecule has 2 aromatic rings. The number of halogens is 1. The van der Waals surface area contributed by atoms with Gasteiger partial charge in [0.05, 0.1) is 6.61 Å². The number of aromatic nitrogens is 2. The van der Waals surface area contributed by atoms with Crippen molar-refractivity contribution in [2.75, 3.05) is 32.8 Å². The van der Waals surface area contributed by atoms with Crippen LogP contribution in [0.5, 0.6) is 0 Å². The summed E-state index contributed by atoms with van der Waals surface area (Å²) in [6.07, 6.45) is 0.178. The molecule has 1 fully saturated rings. The molecule has 12 heteroatoms. The normalized spacial score (nSPS) is 14.3. The SMILES string of the molecule is CCOC(=O)N1CCN(C(=O)C(CCCC(=O)OC(C)(C)C)NC(=O)c2cc(Cl)nc(-c3ccccc3)n2)CC1. The molecule has 11 nitrogen and oxygen atoms in total. The second kappa shape index (κ2) is 14.1. The van der Waals surface area contributed by atoms with Crippen LogP contribution in [0.3, 0.4) is 0 Å². The maximum atomic E-state index is 13.5. The molecule has 1 aliphatic heterocycles. The van der Waals surface area contributed by atoms with Gasteiger partial charge < -0.3 is 24.6 Å². The van der Waals surface area contributed by atoms with Crippen molar-refractivity contribution in [2.45, 2.75) is 58.6 Å². The molecule has 1 aromatic carbocycles. The van der Waals surface area contributed by atoms with Crippen LogP contribution in [0.15, 0.2) is 36.4 Å². The largest absolute Gasteiger partial charge is 0.460 e. The molecule has 2 heterocycles. The molecule has 1 unspecified atom stereocenters. The minimum Gasteiger partial charge on any atom is -0.460 e. The predicted molar refractivity (Wildman–Crippen MR) is 149 cm³/mol. The molecule has 0 radical (unpaired) electrons. The number of hydrogen-bond acceptors (Lipinski definition) is 8. The minimum absolute atomic E-state index is 0.0101. The van der Waals surface area contributed by atoms with Gasteiger partial charge in [0.25, 0.3) is 5.91 Å². The number of amides is 3. The number of nitrogens with one attached hydrogen (secondary N) is 1. The van der Waals surface area contributed by atoms with E-state index in [0.29, 0.717) is 25.1 Å². The Hall–Kier alpha value is -3.73. The molecule has 3 rings (SSSR count). The fraction of sp³-hybridized carbons (Fsp3) is 0.500. The number of nitrogens with zero attached hydrogens (tertiary/aromatic N) is 4. The third-order valence-corrected chi connectivity index (χ3v) is 6.17. The van der Waals surface area contributed by atoms with Crippen LogP contribution in [-0.4, -0.2) is 88.1 Å². The number of ether oxygens (including phenoxy) is 2. The first kappa shape index (κ1) is 30.8. The van der Waals surface area contributed by atoms with Crippen molar-refractivity contribution >= 4 is 35.5 Å². The maximum absolute atomic E-state index is 13.5. The smallest absolute Gasteiger partial charge is 0.409 e. The van der Waals surface area contributed by atoms with E-state index in [1.54, 1.807) is 44.7 Å². The third-order valence-electron chi connectivity index (χ3n) is 5.97. The number of carbonyl (C=O) groups is 4. The fourth-order valence-electron chi connectivity index (χ4n) is 4.13. The summed E-state index contributed by atoms with van der Waals surface area (Å²) in [5.74, 6) is -1.02. The third kappa shape index (κ3) is 9.18. The van der Waals surface area contributed by atoms with E-state index in [0.717, 1.165) is 0 Å². The van der Waals surface area contributed by atoms with Crippen LogP contribution in [0.4, 0.5) is 4.79 Å². The second-order valence-electron chi connectivity index (χ2n) is 10.3. The number of piperazine rings is 1. The summed E-state index contributed by atoms with van der Waals surface area (Å²) >= 11 is 6.20. The van der Waals surface area contributed by atoms with Gasteiger partial charge in [0, 0.05) is 44.2 Å². The van der Waals surface area contributed by atoms with Gasteiger partial charge >= 0.3 is 12.1 Å². The molecule has 0 aliphatic carbocycles. The molecule has 0 saturated carbocycles. The fourth-order valence-corrected chi connectivity index (χ4v) is 4.31. The lowest BCUT2D eigenvalue weighted by Crippen LogP contribution is -2.56. The van der Waals surface area contributed by atoms with Crippen LogP contribution in [-0.2, 0) is 19.1 Å². The highest BCUT2D eigenvalue weighted by Gasteiger charge is 2.31. The Kier molecular flexibility index (Phi) is 10.8. The predicted octanol–water partition coefficient (Wildman–Crippen LogP) is 3.71. The van der Waals surface area contributed by atoms with Crippen LogP contribution in [0.1, 0.15) is 57.4 Å². The first-order chi connectivity index (χ1) is 19.0. The molecule has 3 amide bonds. The van der Waals surface area contributed by atoms with Gasteiger partial charge in [0.15, 0.2) is 5.82 Å². The molecule has 0 bridgehead atoms. The second-order valence-corrected chi connectivity index (χ2v) is 10.7. The Morgan fingerprint density at radius 3 is 2.30 bits per heavy atom. The summed E-state index contributed by atoms with van der Waals surface area (Å²) in [4.78, 5) is 62.8. The van der Waals surface area contributed by atoms with Gasteiger partial charge in [0.1, 0.15) is 22.5 Å². The van der Waals surface area contributed by atoms with Gasteiger partial charge in [-0.2, -0.15) is 0 Å². The van der Waals surface area contributed by atoms with E-state index in [-0.39, 0.29) is 61.1 Å². The van der Waals surface area contributed by atoms with Crippen molar-refractivity contribution in [1.82, 2.24) is 25.1 Å². The van der Waals surface area contributed by atoms with Gasteiger partial charge in [-0.15, -0.1) is 0 Å². The van der Waals surface area contributed by atoms with Crippen molar-refractivity contribution in [1.29, 1.82) is 0 Å². The first-order valence-corrected chi connectivity index (χ1v) is 13.7. The van der Waals surface area contributed by atoms with Crippen LogP contribution < -0.4 is 5.32 Å². The van der Waals surface area contributed by atoms with Crippen molar-refractivity contribution in [3.63, 3.8) is 0 Å². The topological polar surface area (TPSA) is 131 Å². The van der Waals surface area contributed by atoms with Crippen LogP contribution in [0.2, 0.25) is 5.15 Å². The summed E-state index contributed by atoms with van der Waals surface area (Å²) in [5, 5.41) is 2.86. The Bertz CT molecular complexity index is 1200. The zero-order valence-corrected chi connectivity index (χ0v) is 24.1. The summed E-state index contributed by atoms with van der Waals surface area (Å²) < 4.78 is 10.4. The van der Waals surface area contributed by atoms with E-state index < -0.39 is 23.6 Å². The zero-order valence-electron chi connectivity index (χ0n) is 23.3. The zero-order chi connectivity index (χ0) is 29.3. The van der Waals surface area contributed by atoms with Crippen molar-refractivity contribution in [3.05, 3.63) is 47.2 Å². The van der Waals surface area contributed by atoms with E-state index in [1.807, 2.05) is 18.2 Å². The molecule has 1 aliphatic rings. The highest BCUT2D eigenvalue weighted by atomic mass is 35.5. The lowest BCUT2D eigenvalue weighted by molar-refractivity contribution is -0.155. The monoisotopic (exact) mass is 573 g/mol. The van der Waals surface area contributed by atoms with Crippen LogP contribution >= 0.6 is 11.6 Å². The lowest BCUT2D eigenvalue weighted by atomic mass is 10.1. The van der Waals surface area contributed by atoms with Gasteiger partial charge in [0.2, 0.25) is 5.91 Å². The van der Waals surface area contributed by atoms with Crippen molar-refractivity contribution in [2.24, 2.45) is 0 Å². The van der Waals surface area contributed by atoms with Gasteiger partial charge in [-0.05, 0) is 40.5 Å². The van der Waals surface area contributed by atoms with E-state index >= 15 is 0 Å². The average molecular weight is 574 g/mol. The summed E-state index contributed by atoms with van der Waals surface area (Å²) in [6.45, 7) is 8.54. The van der Waals surface area contributed by atoms with Crippen molar-refractivity contribution < 1.29 is 28.7 Å². The first-order valence-electron chi connectivity index (χ1n) is 13.3. The number of hydrogen-bond donors (Lipinski definition) is 1. The number of esters is 1. The molecule has 1 N–H and O–H groups in total. The Labute approximate surface area is 239 Å². The molecule has 1 aromatic heterocycles. The summed E-state index contributed by atoms with van der Waals surface area (Å²) in [5.41, 5.74) is 0.0708. The Morgan fingerprint density at radius 1 is 1.02 bits per heavy atom. The van der Waals surface area contributed by atoms with E-state index in [1.165, 1.54) is 11.0 Å². The van der Waals surface area contributed by atoms with E-state index in [9.17, 15) is 19.2 Å². The Morgan fingerprint density at radius 2 is 1.68 bits per heavy atom. The maximum Gasteiger partial charge on any atom is 0.409 e. The molecule has 40 heavy (non-hydrogen) atoms. The van der Waals surface area contributed by atoms with E-state index in [4.69, 9.17) is 21.1 Å². The van der Waals surface area contributed by atoms with E-state index in [2.05, 4.69) is 15.3 Å². The summed E-state index contributed by atoms with van der Waals surface area (Å²) in [7, 11) is 0. The Balaban J connectivity index is 1.73. The molecule has 0 spiro atoms. The number of carbonyl (C=O) groups excluding carboxylic acids is 4. The lowest BCUT2D eigenvalue weighted by Gasteiger charge is -2.36. The van der Waals surface area contributed by atoms with Gasteiger partial charge in [-0.25, -0.2) is 14.8 Å². The molecular formula is C28H36ClN5O6.